The smallest absolute Gasteiger partial charge is 0.410 e. The number of carbonyl (C=O) groups excluding carboxylic acids is 1. The van der Waals surface area contributed by atoms with E-state index in [0.717, 1.165) is 4.68 Å². The number of nitrogens with one attached hydrogen (secondary N) is 2. The number of fused-ring (bicyclic) bond motifs is 1. The maximum atomic E-state index is 13.9. The van der Waals surface area contributed by atoms with Gasteiger partial charge in [-0.2, -0.15) is 18.3 Å². The van der Waals surface area contributed by atoms with Gasteiger partial charge in [-0.1, -0.05) is 29.8 Å². The number of alkyl halides is 3. The molecule has 2 heterocycles. The summed E-state index contributed by atoms with van der Waals surface area (Å²) >= 11 is 6.05. The number of anilines is 2. The predicted octanol–water partition coefficient (Wildman–Crippen LogP) is 5.47. The fraction of sp³-hybridized carbons (Fsp3) is 0.273. The SMILES string of the molecule is COc1ccc(C2CC(C(F)(F)F)n3nc(C(=O)Nc4ccccc4Cl)cc3N2)cc1OC. The number of carbonyl (C=O) groups is 1. The third kappa shape index (κ3) is 4.56. The molecule has 1 amide bonds. The molecule has 4 rings (SSSR count). The number of aromatic nitrogens is 2. The van der Waals surface area contributed by atoms with Gasteiger partial charge in [0.15, 0.2) is 23.2 Å². The summed E-state index contributed by atoms with van der Waals surface area (Å²) in [6, 6.07) is 10.1. The van der Waals surface area contributed by atoms with Crippen molar-refractivity contribution in [1.82, 2.24) is 9.78 Å². The van der Waals surface area contributed by atoms with Crippen LogP contribution in [0, 0.1) is 0 Å². The topological polar surface area (TPSA) is 77.4 Å². The number of rotatable bonds is 5. The maximum absolute atomic E-state index is 13.9. The number of ether oxygens (including phenoxy) is 2. The molecule has 0 aliphatic carbocycles. The largest absolute Gasteiger partial charge is 0.493 e. The summed E-state index contributed by atoms with van der Waals surface area (Å²) in [6.07, 6.45) is -4.90. The molecular formula is C22H20ClF3N4O3. The molecule has 1 aliphatic rings. The van der Waals surface area contributed by atoms with Crippen LogP contribution >= 0.6 is 11.6 Å². The van der Waals surface area contributed by atoms with Crippen LogP contribution in [0.1, 0.15) is 34.6 Å². The molecule has 0 fully saturated rings. The summed E-state index contributed by atoms with van der Waals surface area (Å²) < 4.78 is 53.1. The molecule has 2 atom stereocenters. The normalized spacial score (nSPS) is 17.6. The molecule has 3 aromatic rings. The van der Waals surface area contributed by atoms with Crippen molar-refractivity contribution in [3.63, 3.8) is 0 Å². The zero-order valence-electron chi connectivity index (χ0n) is 17.6. The standard InChI is InChI=1S/C22H20ClF3N4O3/c1-32-17-8-7-12(9-18(17)33-2)15-10-19(22(24,25)26)30-20(27-15)11-16(29-30)21(31)28-14-6-4-3-5-13(14)23/h3-9,11,15,19,27H,10H2,1-2H3,(H,28,31). The molecule has 0 spiro atoms. The van der Waals surface area contributed by atoms with E-state index in [1.165, 1.54) is 20.3 Å². The molecular weight excluding hydrogens is 461 g/mol. The second-order valence-corrected chi connectivity index (χ2v) is 7.81. The highest BCUT2D eigenvalue weighted by Crippen LogP contribution is 2.44. The first-order chi connectivity index (χ1) is 15.7. The van der Waals surface area contributed by atoms with Gasteiger partial charge < -0.3 is 20.1 Å². The lowest BCUT2D eigenvalue weighted by Gasteiger charge is -2.33. The van der Waals surface area contributed by atoms with E-state index < -0.39 is 24.2 Å². The molecule has 1 aromatic heterocycles. The average Bonchev–Trinajstić information content (AvgIpc) is 3.23. The summed E-state index contributed by atoms with van der Waals surface area (Å²) in [5.74, 6) is 0.273. The molecule has 2 N–H and O–H groups in total. The number of halogens is 4. The van der Waals surface area contributed by atoms with Crippen molar-refractivity contribution in [2.24, 2.45) is 0 Å². The Morgan fingerprint density at radius 1 is 1.15 bits per heavy atom. The van der Waals surface area contributed by atoms with Crippen LogP contribution in [-0.2, 0) is 0 Å². The summed E-state index contributed by atoms with van der Waals surface area (Å²) in [6.45, 7) is 0. The molecule has 2 unspecified atom stereocenters. The minimum absolute atomic E-state index is 0.0765. The Labute approximate surface area is 192 Å². The minimum atomic E-state index is -4.58. The van der Waals surface area contributed by atoms with Crippen molar-refractivity contribution < 1.29 is 27.4 Å². The van der Waals surface area contributed by atoms with Gasteiger partial charge in [0.05, 0.1) is 31.0 Å². The third-order valence-corrected chi connectivity index (χ3v) is 5.68. The number of amides is 1. The van der Waals surface area contributed by atoms with Crippen molar-refractivity contribution in [1.29, 1.82) is 0 Å². The van der Waals surface area contributed by atoms with Crippen LogP contribution in [0.2, 0.25) is 5.02 Å². The van der Waals surface area contributed by atoms with Crippen LogP contribution in [0.25, 0.3) is 0 Å². The van der Waals surface area contributed by atoms with E-state index in [2.05, 4.69) is 15.7 Å². The first-order valence-electron chi connectivity index (χ1n) is 9.92. The third-order valence-electron chi connectivity index (χ3n) is 5.35. The van der Waals surface area contributed by atoms with Crippen LogP contribution in [0.3, 0.4) is 0 Å². The number of methoxy groups -OCH3 is 2. The van der Waals surface area contributed by atoms with Crippen LogP contribution in [0.15, 0.2) is 48.5 Å². The highest BCUT2D eigenvalue weighted by molar-refractivity contribution is 6.33. The minimum Gasteiger partial charge on any atom is -0.493 e. The lowest BCUT2D eigenvalue weighted by atomic mass is 9.96. The van der Waals surface area contributed by atoms with E-state index in [0.29, 0.717) is 27.8 Å². The molecule has 1 aliphatic heterocycles. The second-order valence-electron chi connectivity index (χ2n) is 7.40. The van der Waals surface area contributed by atoms with Crippen LogP contribution < -0.4 is 20.1 Å². The summed E-state index contributed by atoms with van der Waals surface area (Å²) in [7, 11) is 2.93. The first-order valence-corrected chi connectivity index (χ1v) is 10.3. The van der Waals surface area contributed by atoms with Crippen molar-refractivity contribution in [2.75, 3.05) is 24.9 Å². The van der Waals surface area contributed by atoms with Gasteiger partial charge in [0.1, 0.15) is 5.82 Å². The Morgan fingerprint density at radius 3 is 2.55 bits per heavy atom. The van der Waals surface area contributed by atoms with Crippen LogP contribution in [-0.4, -0.2) is 36.1 Å². The number of hydrogen-bond donors (Lipinski definition) is 2. The van der Waals surface area contributed by atoms with Crippen molar-refractivity contribution in [3.05, 3.63) is 64.8 Å². The Balaban J connectivity index is 1.66. The molecule has 0 saturated heterocycles. The summed E-state index contributed by atoms with van der Waals surface area (Å²) in [5.41, 5.74) is 0.745. The predicted molar refractivity (Wildman–Crippen MR) is 117 cm³/mol. The van der Waals surface area contributed by atoms with Gasteiger partial charge in [-0.15, -0.1) is 0 Å². The van der Waals surface area contributed by atoms with Gasteiger partial charge in [0.25, 0.3) is 5.91 Å². The Kier molecular flexibility index (Phi) is 6.11. The number of benzene rings is 2. The van der Waals surface area contributed by atoms with Gasteiger partial charge >= 0.3 is 6.18 Å². The van der Waals surface area contributed by atoms with Gasteiger partial charge in [-0.05, 0) is 29.8 Å². The molecule has 0 radical (unpaired) electrons. The molecule has 7 nitrogen and oxygen atoms in total. The van der Waals surface area contributed by atoms with Crippen molar-refractivity contribution in [3.8, 4) is 11.5 Å². The second kappa shape index (κ2) is 8.86. The lowest BCUT2D eigenvalue weighted by molar-refractivity contribution is -0.173. The van der Waals surface area contributed by atoms with Crippen molar-refractivity contribution in [2.45, 2.75) is 24.7 Å². The first kappa shape index (κ1) is 22.8. The van der Waals surface area contributed by atoms with E-state index >= 15 is 0 Å². The van der Waals surface area contributed by atoms with Gasteiger partial charge in [-0.3, -0.25) is 4.79 Å². The number of nitrogens with zero attached hydrogens (tertiary/aromatic N) is 2. The molecule has 11 heteroatoms. The molecule has 33 heavy (non-hydrogen) atoms. The summed E-state index contributed by atoms with van der Waals surface area (Å²) in [4.78, 5) is 12.7. The van der Waals surface area contributed by atoms with E-state index in [9.17, 15) is 18.0 Å². The molecule has 0 bridgehead atoms. The lowest BCUT2D eigenvalue weighted by Crippen LogP contribution is -2.35. The number of para-hydroxylation sites is 1. The van der Waals surface area contributed by atoms with Gasteiger partial charge in [0, 0.05) is 12.5 Å². The zero-order valence-corrected chi connectivity index (χ0v) is 18.4. The van der Waals surface area contributed by atoms with Gasteiger partial charge in [-0.25, -0.2) is 4.68 Å². The van der Waals surface area contributed by atoms with E-state index in [1.807, 2.05) is 0 Å². The highest BCUT2D eigenvalue weighted by atomic mass is 35.5. The maximum Gasteiger partial charge on any atom is 0.410 e. The van der Waals surface area contributed by atoms with E-state index in [4.69, 9.17) is 21.1 Å². The molecule has 0 saturated carbocycles. The average molecular weight is 481 g/mol. The van der Waals surface area contributed by atoms with Crippen LogP contribution in [0.4, 0.5) is 24.7 Å². The van der Waals surface area contributed by atoms with E-state index in [1.54, 1.807) is 42.5 Å². The summed E-state index contributed by atoms with van der Waals surface area (Å²) in [5, 5.41) is 9.87. The molecule has 2 aromatic carbocycles. The monoisotopic (exact) mass is 480 g/mol. The quantitative estimate of drug-likeness (QED) is 0.506. The fourth-order valence-corrected chi connectivity index (χ4v) is 3.90. The highest BCUT2D eigenvalue weighted by Gasteiger charge is 2.47. The van der Waals surface area contributed by atoms with Crippen molar-refractivity contribution >= 4 is 29.0 Å². The van der Waals surface area contributed by atoms with E-state index in [-0.39, 0.29) is 17.9 Å². The Hall–Kier alpha value is -3.40. The fourth-order valence-electron chi connectivity index (χ4n) is 3.72. The van der Waals surface area contributed by atoms with Gasteiger partial charge in [0.2, 0.25) is 0 Å². The molecule has 174 valence electrons. The van der Waals surface area contributed by atoms with Crippen LogP contribution in [0.5, 0.6) is 11.5 Å². The Morgan fingerprint density at radius 2 is 1.88 bits per heavy atom. The zero-order chi connectivity index (χ0) is 23.8. The Bertz CT molecular complexity index is 1180. The number of hydrogen-bond acceptors (Lipinski definition) is 5.